The standard InChI is InChI=1S/C17H27N3O5S/c1-23-12-14-3-2-7-20(14)26(21,22)19-8-4-16-15(11-19)18-17(25-16)13-5-9-24-10-6-13/h13-14H,2-12H2,1H3. The molecule has 0 aliphatic carbocycles. The Morgan fingerprint density at radius 1 is 1.23 bits per heavy atom. The molecule has 0 saturated carbocycles. The molecule has 26 heavy (non-hydrogen) atoms. The Hall–Kier alpha value is -1.00. The van der Waals surface area contributed by atoms with Crippen molar-refractivity contribution in [2.75, 3.05) is 40.0 Å². The molecule has 0 spiro atoms. The van der Waals surface area contributed by atoms with Crippen molar-refractivity contribution in [1.82, 2.24) is 13.6 Å². The van der Waals surface area contributed by atoms with Crippen molar-refractivity contribution >= 4 is 10.2 Å². The van der Waals surface area contributed by atoms with E-state index in [-0.39, 0.29) is 12.0 Å². The first-order valence-electron chi connectivity index (χ1n) is 9.41. The van der Waals surface area contributed by atoms with Gasteiger partial charge in [-0.15, -0.1) is 0 Å². The summed E-state index contributed by atoms with van der Waals surface area (Å²) in [7, 11) is -1.89. The minimum atomic E-state index is -3.51. The molecule has 0 amide bonds. The van der Waals surface area contributed by atoms with E-state index in [0.29, 0.717) is 32.7 Å². The lowest BCUT2D eigenvalue weighted by Crippen LogP contribution is -2.48. The molecule has 4 heterocycles. The largest absolute Gasteiger partial charge is 0.445 e. The number of hydrogen-bond acceptors (Lipinski definition) is 6. The van der Waals surface area contributed by atoms with E-state index in [2.05, 4.69) is 4.98 Å². The third kappa shape index (κ3) is 3.43. The summed E-state index contributed by atoms with van der Waals surface area (Å²) in [6, 6.07) is -0.0681. The zero-order valence-electron chi connectivity index (χ0n) is 15.2. The molecule has 1 atom stereocenters. The van der Waals surface area contributed by atoms with E-state index >= 15 is 0 Å². The molecule has 4 rings (SSSR count). The molecule has 0 bridgehead atoms. The van der Waals surface area contributed by atoms with E-state index in [1.807, 2.05) is 0 Å². The van der Waals surface area contributed by atoms with Crippen molar-refractivity contribution < 1.29 is 22.3 Å². The summed E-state index contributed by atoms with van der Waals surface area (Å²) in [6.45, 7) is 3.19. The first kappa shape index (κ1) is 18.4. The number of rotatable bonds is 5. The van der Waals surface area contributed by atoms with Crippen LogP contribution in [0.2, 0.25) is 0 Å². The molecule has 1 aromatic heterocycles. The van der Waals surface area contributed by atoms with Crippen LogP contribution < -0.4 is 0 Å². The molecule has 0 aromatic carbocycles. The smallest absolute Gasteiger partial charge is 0.282 e. The summed E-state index contributed by atoms with van der Waals surface area (Å²) in [4.78, 5) is 4.65. The molecule has 146 valence electrons. The van der Waals surface area contributed by atoms with Crippen LogP contribution in [0.25, 0.3) is 0 Å². The first-order chi connectivity index (χ1) is 12.6. The highest BCUT2D eigenvalue weighted by Gasteiger charge is 2.40. The van der Waals surface area contributed by atoms with Crippen LogP contribution in [0.4, 0.5) is 0 Å². The predicted octanol–water partition coefficient (Wildman–Crippen LogP) is 1.28. The minimum absolute atomic E-state index is 0.0681. The SMILES string of the molecule is COCC1CCCN1S(=O)(=O)N1CCc2oc(C3CCOCC3)nc2C1. The summed E-state index contributed by atoms with van der Waals surface area (Å²) < 4.78 is 45.9. The third-order valence-electron chi connectivity index (χ3n) is 5.58. The molecular weight excluding hydrogens is 358 g/mol. The summed E-state index contributed by atoms with van der Waals surface area (Å²) in [5.74, 6) is 1.87. The number of methoxy groups -OCH3 is 1. The highest BCUT2D eigenvalue weighted by molar-refractivity contribution is 7.86. The molecule has 8 nitrogen and oxygen atoms in total. The fourth-order valence-corrected chi connectivity index (χ4v) is 5.94. The molecule has 3 aliphatic rings. The zero-order chi connectivity index (χ0) is 18.1. The van der Waals surface area contributed by atoms with Crippen molar-refractivity contribution in [3.63, 3.8) is 0 Å². The molecule has 0 radical (unpaired) electrons. The summed E-state index contributed by atoms with van der Waals surface area (Å²) in [5, 5.41) is 0. The van der Waals surface area contributed by atoms with Crippen LogP contribution in [0, 0.1) is 0 Å². The van der Waals surface area contributed by atoms with Crippen LogP contribution in [-0.2, 0) is 32.6 Å². The van der Waals surface area contributed by atoms with Gasteiger partial charge in [-0.2, -0.15) is 17.0 Å². The van der Waals surface area contributed by atoms with Crippen molar-refractivity contribution in [2.45, 2.75) is 50.6 Å². The van der Waals surface area contributed by atoms with E-state index in [4.69, 9.17) is 13.9 Å². The van der Waals surface area contributed by atoms with Gasteiger partial charge in [0.25, 0.3) is 10.2 Å². The molecule has 3 aliphatic heterocycles. The van der Waals surface area contributed by atoms with Crippen LogP contribution in [-0.4, -0.2) is 68.1 Å². The zero-order valence-corrected chi connectivity index (χ0v) is 16.0. The third-order valence-corrected chi connectivity index (χ3v) is 7.62. The quantitative estimate of drug-likeness (QED) is 0.759. The maximum Gasteiger partial charge on any atom is 0.282 e. The van der Waals surface area contributed by atoms with E-state index in [1.54, 1.807) is 15.7 Å². The Morgan fingerprint density at radius 3 is 2.81 bits per heavy atom. The Labute approximate surface area is 154 Å². The van der Waals surface area contributed by atoms with E-state index in [0.717, 1.165) is 56.2 Å². The number of nitrogens with zero attached hydrogens (tertiary/aromatic N) is 3. The highest BCUT2D eigenvalue weighted by atomic mass is 32.2. The second-order valence-electron chi connectivity index (χ2n) is 7.26. The lowest BCUT2D eigenvalue weighted by Gasteiger charge is -2.32. The number of oxazole rings is 1. The summed E-state index contributed by atoms with van der Waals surface area (Å²) in [5.41, 5.74) is 0.767. The van der Waals surface area contributed by atoms with Gasteiger partial charge >= 0.3 is 0 Å². The van der Waals surface area contributed by atoms with Gasteiger partial charge in [-0.3, -0.25) is 0 Å². The van der Waals surface area contributed by atoms with Gasteiger partial charge in [0.05, 0.1) is 18.8 Å². The Kier molecular flexibility index (Phi) is 5.34. The van der Waals surface area contributed by atoms with Gasteiger partial charge in [0.15, 0.2) is 5.89 Å². The van der Waals surface area contributed by atoms with Crippen LogP contribution in [0.5, 0.6) is 0 Å². The van der Waals surface area contributed by atoms with Crippen molar-refractivity contribution in [1.29, 1.82) is 0 Å². The van der Waals surface area contributed by atoms with Crippen molar-refractivity contribution in [2.24, 2.45) is 0 Å². The average Bonchev–Trinajstić information content (AvgIpc) is 3.29. The van der Waals surface area contributed by atoms with Crippen molar-refractivity contribution in [3.05, 3.63) is 17.3 Å². The maximum absolute atomic E-state index is 13.1. The van der Waals surface area contributed by atoms with Crippen LogP contribution in [0.3, 0.4) is 0 Å². The van der Waals surface area contributed by atoms with Gasteiger partial charge in [0, 0.05) is 51.8 Å². The second-order valence-corrected chi connectivity index (χ2v) is 9.14. The monoisotopic (exact) mass is 385 g/mol. The average molecular weight is 385 g/mol. The topological polar surface area (TPSA) is 85.1 Å². The number of ether oxygens (including phenoxy) is 2. The van der Waals surface area contributed by atoms with Gasteiger partial charge in [0.1, 0.15) is 5.76 Å². The summed E-state index contributed by atoms with van der Waals surface area (Å²) >= 11 is 0. The second kappa shape index (κ2) is 7.55. The Balaban J connectivity index is 1.50. The lowest BCUT2D eigenvalue weighted by atomic mass is 10.0. The highest BCUT2D eigenvalue weighted by Crippen LogP contribution is 2.32. The molecule has 1 aromatic rings. The van der Waals surface area contributed by atoms with Crippen LogP contribution >= 0.6 is 0 Å². The normalized spacial score (nSPS) is 26.3. The van der Waals surface area contributed by atoms with Gasteiger partial charge in [-0.1, -0.05) is 0 Å². The minimum Gasteiger partial charge on any atom is -0.445 e. The molecule has 9 heteroatoms. The Bertz CT molecular complexity index is 729. The fraction of sp³-hybridized carbons (Fsp3) is 0.824. The van der Waals surface area contributed by atoms with Gasteiger partial charge in [-0.05, 0) is 25.7 Å². The maximum atomic E-state index is 13.1. The Morgan fingerprint density at radius 2 is 2.04 bits per heavy atom. The number of fused-ring (bicyclic) bond motifs is 1. The molecule has 2 fully saturated rings. The number of aromatic nitrogens is 1. The molecular formula is C17H27N3O5S. The first-order valence-corrected chi connectivity index (χ1v) is 10.8. The van der Waals surface area contributed by atoms with Gasteiger partial charge in [0.2, 0.25) is 0 Å². The molecule has 0 N–H and O–H groups in total. The fourth-order valence-electron chi connectivity index (χ4n) is 4.13. The molecule has 2 saturated heterocycles. The molecule has 1 unspecified atom stereocenters. The van der Waals surface area contributed by atoms with Crippen molar-refractivity contribution in [3.8, 4) is 0 Å². The predicted molar refractivity (Wildman–Crippen MR) is 93.9 cm³/mol. The van der Waals surface area contributed by atoms with Gasteiger partial charge < -0.3 is 13.9 Å². The summed E-state index contributed by atoms with van der Waals surface area (Å²) in [6.07, 6.45) is 4.13. The van der Waals surface area contributed by atoms with Crippen LogP contribution in [0.15, 0.2) is 4.42 Å². The lowest BCUT2D eigenvalue weighted by molar-refractivity contribution is 0.0791. The van der Waals surface area contributed by atoms with Crippen LogP contribution in [0.1, 0.15) is 48.9 Å². The van der Waals surface area contributed by atoms with Gasteiger partial charge in [-0.25, -0.2) is 4.98 Å². The van der Waals surface area contributed by atoms with E-state index in [1.165, 1.54) is 0 Å². The van der Waals surface area contributed by atoms with E-state index < -0.39 is 10.2 Å². The van der Waals surface area contributed by atoms with E-state index in [9.17, 15) is 8.42 Å². The number of hydrogen-bond donors (Lipinski definition) is 0.